The Morgan fingerprint density at radius 1 is 0.315 bits per heavy atom. The number of aliphatic carboxylic acids is 1. The third-order valence-corrected chi connectivity index (χ3v) is 31.6. The van der Waals surface area contributed by atoms with E-state index in [0.717, 1.165) is 0 Å². The smallest absolute Gasteiger partial charge is 0.355 e. The van der Waals surface area contributed by atoms with E-state index in [-0.39, 0.29) is 11.8 Å². The molecule has 0 spiro atoms. The Labute approximate surface area is 412 Å². The normalized spacial score (nSPS) is 15.8. The Hall–Kier alpha value is 1.46. The summed E-state index contributed by atoms with van der Waals surface area (Å²) in [5, 5.41) is 10.3. The van der Waals surface area contributed by atoms with Crippen molar-refractivity contribution in [3.8, 4) is 0 Å². The first kappa shape index (κ1) is 74.5. The Morgan fingerprint density at radius 2 is 0.493 bits per heavy atom. The van der Waals surface area contributed by atoms with E-state index in [1.807, 2.05) is 0 Å². The van der Waals surface area contributed by atoms with Crippen molar-refractivity contribution in [3.63, 3.8) is 0 Å². The molecule has 73 heavy (non-hydrogen) atoms. The maximum atomic E-state index is 12.8. The van der Waals surface area contributed by atoms with Gasteiger partial charge in [0.05, 0.1) is 0 Å². The van der Waals surface area contributed by atoms with Gasteiger partial charge in [-0.1, -0.05) is 0 Å². The van der Waals surface area contributed by atoms with E-state index >= 15 is 0 Å². The predicted octanol–water partition coefficient (Wildman–Crippen LogP) is -4.61. The minimum absolute atomic E-state index is 0.269. The van der Waals surface area contributed by atoms with Gasteiger partial charge in [-0.25, -0.2) is 0 Å². The minimum atomic E-state index is -6.50. The maximum absolute atomic E-state index is 12.8. The van der Waals surface area contributed by atoms with Crippen molar-refractivity contribution in [2.24, 2.45) is 0 Å². The van der Waals surface area contributed by atoms with Crippen LogP contribution >= 0.6 is 103 Å². The molecule has 0 radical (unpaired) electrons. The Morgan fingerprint density at radius 3 is 0.658 bits per heavy atom. The fraction of sp³-hybridized carbons (Fsp3) is 0.944. The van der Waals surface area contributed by atoms with E-state index in [1.165, 1.54) is 0 Å². The second-order valence-corrected chi connectivity index (χ2v) is 38.5. The first-order chi connectivity index (χ1) is 31.7. The van der Waals surface area contributed by atoms with Crippen molar-refractivity contribution in [1.82, 2.24) is 19.6 Å². The summed E-state index contributed by atoms with van der Waals surface area (Å²) in [5.41, 5.74) is -22.6. The second kappa shape index (κ2) is 26.6. The van der Waals surface area contributed by atoms with Crippen molar-refractivity contribution in [3.05, 3.63) is 0 Å². The monoisotopic (exact) mass is 1340 g/mol. The van der Waals surface area contributed by atoms with E-state index in [2.05, 4.69) is 0 Å². The molecule has 0 saturated carbocycles. The van der Waals surface area contributed by atoms with Crippen LogP contribution in [0.3, 0.4) is 0 Å². The van der Waals surface area contributed by atoms with Crippen molar-refractivity contribution in [1.29, 1.82) is 0 Å². The Bertz CT molecular complexity index is 2120. The van der Waals surface area contributed by atoms with E-state index in [1.54, 1.807) is 0 Å². The van der Waals surface area contributed by atoms with E-state index in [9.17, 15) is 182 Å². The fourth-order valence-electron chi connectivity index (χ4n) is 6.76. The number of nitrogens with zero attached hydrogens (tertiary/aromatic N) is 4. The van der Waals surface area contributed by atoms with Gasteiger partial charge >= 0.3 is 97.1 Å². The quantitative estimate of drug-likeness (QED) is 0.0213. The lowest BCUT2D eigenvalue weighted by Crippen LogP contribution is -2.48. The van der Waals surface area contributed by atoms with E-state index in [0.29, 0.717) is 4.90 Å². The van der Waals surface area contributed by atoms with Gasteiger partial charge in [0.2, 0.25) is 33.1 Å². The molecule has 0 aliphatic rings. The summed E-state index contributed by atoms with van der Waals surface area (Å²) in [5.74, 6) is -3.88. The molecule has 0 fully saturated rings. The molecule has 0 rings (SSSR count). The number of thioether (sulfide) groups is 1. The number of hydrogen-bond donors (Lipinski definition) is 25. The molecular formula is C18H52N4O38P12S. The van der Waals surface area contributed by atoms with E-state index in [4.69, 9.17) is 0 Å². The molecular weight excluding hydrogens is 1280 g/mol. The van der Waals surface area contributed by atoms with E-state index < -0.39 is 214 Å². The first-order valence-corrected chi connectivity index (χ1v) is 39.5. The summed E-state index contributed by atoms with van der Waals surface area (Å²) in [7, 11) is -77.4. The molecule has 0 aliphatic heterocycles. The van der Waals surface area contributed by atoms with Crippen LogP contribution in [0.2, 0.25) is 0 Å². The van der Waals surface area contributed by atoms with Crippen molar-refractivity contribution < 1.29 is 182 Å². The summed E-state index contributed by atoms with van der Waals surface area (Å²) in [6, 6.07) is -2.30. The lowest BCUT2D eigenvalue weighted by Gasteiger charge is -2.39. The highest BCUT2D eigenvalue weighted by atomic mass is 32.2. The van der Waals surface area contributed by atoms with Gasteiger partial charge in [0.15, 0.2) is 0 Å². The van der Waals surface area contributed by atoms with Gasteiger partial charge in [-0.2, -0.15) is 11.8 Å². The van der Waals surface area contributed by atoms with Crippen LogP contribution < -0.4 is 0 Å². The van der Waals surface area contributed by atoms with Gasteiger partial charge in [-0.05, 0) is 25.0 Å². The summed E-state index contributed by atoms with van der Waals surface area (Å²) < 4.78 is 147. The molecule has 0 aromatic rings. The molecule has 0 aromatic heterocycles. The first-order valence-electron chi connectivity index (χ1n) is 18.2. The molecule has 25 N–H and O–H groups in total. The second-order valence-electron chi connectivity index (χ2n) is 14.9. The molecule has 0 aliphatic carbocycles. The average Bonchev–Trinajstić information content (AvgIpc) is 3.01. The van der Waals surface area contributed by atoms with Crippen LogP contribution in [0.25, 0.3) is 0 Å². The van der Waals surface area contributed by atoms with Crippen LogP contribution in [-0.4, -0.2) is 232 Å². The SMILES string of the molecule is O=C(O)[C@H](CSCCCN(C(P(=O)(O)O)P(=O)(O)O)C(P(=O)(O)O)P(=O)(O)O)N(CCCN(C(P(=O)(O)O)P(=O)(O)O)C(P(=O)(O)O)P(=O)(O)O)CCCN(C(P(=O)(O)O)P(=O)(O)O)C(P(=O)(O)O)P(=O)(O)O. The molecule has 0 saturated heterocycles. The molecule has 55 heteroatoms. The molecule has 438 valence electrons. The summed E-state index contributed by atoms with van der Waals surface area (Å²) >= 11 is 0.269. The van der Waals surface area contributed by atoms with Crippen molar-refractivity contribution in [2.75, 3.05) is 44.2 Å². The zero-order valence-corrected chi connectivity index (χ0v) is 47.2. The standard InChI is InChI=1S/C18H52N4O38P12S/c23-12(24)11(10-73-9-3-8-22(17(69(49,50)51)70(52,53)54)18(71(55,56)57)72(58,59)60)19(4-1-6-20(13(61(25,26)27)62(28,29)30)14(63(31,32)33)64(34,35)36)5-2-7-21(15(65(37,38)39)66(40,41)42)16(67(43,44)45)68(46,47)48/h11,13-18H,1-10H2,(H,23,24)(H2,25,26,27)(H2,28,29,30)(H2,31,32,33)(H2,34,35,36)(H2,37,38,39)(H2,40,41,42)(H2,43,44,45)(H2,46,47,48)(H2,49,50,51)(H2,52,53,54)(H2,55,56,57)(H2,58,59,60)/t11-/m0/s1. The molecule has 1 atom stereocenters. The molecule has 0 heterocycles. The lowest BCUT2D eigenvalue weighted by atomic mass is 10.2. The van der Waals surface area contributed by atoms with Crippen molar-refractivity contribution in [2.45, 2.75) is 58.4 Å². The average molecular weight is 1340 g/mol. The molecule has 42 nitrogen and oxygen atoms in total. The van der Waals surface area contributed by atoms with Gasteiger partial charge in [-0.15, -0.1) is 0 Å². The number of rotatable bonds is 34. The predicted molar refractivity (Wildman–Crippen MR) is 242 cm³/mol. The van der Waals surface area contributed by atoms with Gasteiger partial charge in [0.25, 0.3) is 0 Å². The highest BCUT2D eigenvalue weighted by Crippen LogP contribution is 2.71. The molecule has 0 bridgehead atoms. The fourth-order valence-corrected chi connectivity index (χ4v) is 26.1. The Balaban J connectivity index is 7.80. The zero-order chi connectivity index (χ0) is 58.7. The number of hydrogen-bond acceptors (Lipinski definition) is 18. The highest BCUT2D eigenvalue weighted by molar-refractivity contribution is 7.99. The lowest BCUT2D eigenvalue weighted by molar-refractivity contribution is -0.142. The van der Waals surface area contributed by atoms with Crippen LogP contribution in [0.4, 0.5) is 0 Å². The van der Waals surface area contributed by atoms with Gasteiger partial charge in [0.1, 0.15) is 6.04 Å². The largest absolute Gasteiger partial charge is 0.480 e. The molecule has 0 unspecified atom stereocenters. The molecule has 0 aromatic carbocycles. The third kappa shape index (κ3) is 23.8. The summed E-state index contributed by atoms with van der Waals surface area (Å²) in [6.45, 7) is -7.34. The van der Waals surface area contributed by atoms with Crippen LogP contribution in [0, 0.1) is 0 Å². The summed E-state index contributed by atoms with van der Waals surface area (Å²) in [6.07, 6.45) is -3.44. The number of carboxylic acids is 1. The van der Waals surface area contributed by atoms with Gasteiger partial charge in [0, 0.05) is 38.5 Å². The zero-order valence-electron chi connectivity index (χ0n) is 35.7. The number of carboxylic acid groups (broad SMARTS) is 1. The van der Waals surface area contributed by atoms with Crippen molar-refractivity contribution >= 4 is 109 Å². The number of carbonyl (C=O) groups is 1. The van der Waals surface area contributed by atoms with Crippen LogP contribution in [0.1, 0.15) is 19.3 Å². The summed E-state index contributed by atoms with van der Waals surface area (Å²) in [4.78, 5) is 246. The Kier molecular flexibility index (Phi) is 27.1. The molecule has 0 amide bonds. The highest BCUT2D eigenvalue weighted by Gasteiger charge is 2.61. The van der Waals surface area contributed by atoms with Crippen LogP contribution in [0.5, 0.6) is 0 Å². The van der Waals surface area contributed by atoms with Crippen LogP contribution in [-0.2, 0) is 59.6 Å². The minimum Gasteiger partial charge on any atom is -0.480 e. The third-order valence-electron chi connectivity index (χ3n) is 8.82. The van der Waals surface area contributed by atoms with Crippen LogP contribution in [0.15, 0.2) is 0 Å². The van der Waals surface area contributed by atoms with Gasteiger partial charge in [-0.3, -0.25) is 79.2 Å². The maximum Gasteiger partial charge on any atom is 0.355 e. The van der Waals surface area contributed by atoms with Gasteiger partial charge < -0.3 is 123 Å². The topological polar surface area (TPSA) is 741 Å².